The van der Waals surface area contributed by atoms with E-state index in [1.807, 2.05) is 25.3 Å². The number of nitrogens with one attached hydrogen (secondary N) is 1. The van der Waals surface area contributed by atoms with Crippen LogP contribution >= 0.6 is 0 Å². The fourth-order valence-electron chi connectivity index (χ4n) is 2.73. The lowest BCUT2D eigenvalue weighted by Gasteiger charge is -2.08. The summed E-state index contributed by atoms with van der Waals surface area (Å²) < 4.78 is 2.11. The number of hydrogen-bond acceptors (Lipinski definition) is 2. The van der Waals surface area contributed by atoms with Crippen LogP contribution in [-0.4, -0.2) is 14.8 Å². The van der Waals surface area contributed by atoms with Crippen molar-refractivity contribution in [3.63, 3.8) is 0 Å². The van der Waals surface area contributed by atoms with Gasteiger partial charge in [0.1, 0.15) is 0 Å². The van der Waals surface area contributed by atoms with Gasteiger partial charge in [0.25, 0.3) is 0 Å². The van der Waals surface area contributed by atoms with Crippen LogP contribution in [0.15, 0.2) is 41.3 Å². The summed E-state index contributed by atoms with van der Waals surface area (Å²) in [4.78, 5) is 14.4. The van der Waals surface area contributed by atoms with Gasteiger partial charge in [-0.25, -0.2) is 0 Å². The van der Waals surface area contributed by atoms with Crippen molar-refractivity contribution in [1.82, 2.24) is 14.8 Å². The van der Waals surface area contributed by atoms with Crippen molar-refractivity contribution in [2.24, 2.45) is 0 Å². The van der Waals surface area contributed by atoms with Crippen molar-refractivity contribution in [3.05, 3.63) is 52.4 Å². The third-order valence-corrected chi connectivity index (χ3v) is 3.91. The number of rotatable bonds is 2. The number of fused-ring (bicyclic) bond motifs is 1. The Morgan fingerprint density at radius 1 is 1.25 bits per heavy atom. The number of benzene rings is 1. The molecular formula is C16H15N3O. The van der Waals surface area contributed by atoms with E-state index in [2.05, 4.69) is 26.9 Å². The Hall–Kier alpha value is -2.36. The molecular weight excluding hydrogens is 250 g/mol. The Morgan fingerprint density at radius 2 is 2.10 bits per heavy atom. The molecule has 4 nitrogen and oxygen atoms in total. The monoisotopic (exact) mass is 265 g/mol. The van der Waals surface area contributed by atoms with Crippen LogP contribution < -0.4 is 5.56 Å². The molecule has 1 N–H and O–H groups in total. The molecule has 2 aromatic heterocycles. The predicted octanol–water partition coefficient (Wildman–Crippen LogP) is 3.03. The lowest BCUT2D eigenvalue weighted by molar-refractivity contribution is 0.649. The van der Waals surface area contributed by atoms with Crippen LogP contribution in [0.25, 0.3) is 22.2 Å². The van der Waals surface area contributed by atoms with E-state index in [1.54, 1.807) is 6.07 Å². The number of nitrogens with zero attached hydrogens (tertiary/aromatic N) is 2. The third-order valence-electron chi connectivity index (χ3n) is 3.91. The molecule has 4 rings (SSSR count). The van der Waals surface area contributed by atoms with E-state index in [0.717, 1.165) is 27.7 Å². The molecule has 1 saturated carbocycles. The van der Waals surface area contributed by atoms with Gasteiger partial charge in [-0.1, -0.05) is 6.07 Å². The highest BCUT2D eigenvalue weighted by molar-refractivity contribution is 5.86. The number of aromatic nitrogens is 3. The largest absolute Gasteiger partial charge is 0.322 e. The zero-order valence-corrected chi connectivity index (χ0v) is 11.3. The average Bonchev–Trinajstić information content (AvgIpc) is 3.16. The highest BCUT2D eigenvalue weighted by atomic mass is 16.1. The van der Waals surface area contributed by atoms with Gasteiger partial charge in [-0.2, -0.15) is 5.10 Å². The molecule has 0 radical (unpaired) electrons. The second kappa shape index (κ2) is 4.07. The molecule has 0 bridgehead atoms. The summed E-state index contributed by atoms with van der Waals surface area (Å²) in [7, 11) is 0. The van der Waals surface area contributed by atoms with Gasteiger partial charge < -0.3 is 4.98 Å². The molecule has 1 fully saturated rings. The summed E-state index contributed by atoms with van der Waals surface area (Å²) in [6.07, 6.45) is 4.29. The first-order chi connectivity index (χ1) is 9.72. The van der Waals surface area contributed by atoms with Crippen molar-refractivity contribution >= 4 is 10.9 Å². The van der Waals surface area contributed by atoms with Crippen molar-refractivity contribution in [2.75, 3.05) is 0 Å². The quantitative estimate of drug-likeness (QED) is 0.774. The fourth-order valence-corrected chi connectivity index (χ4v) is 2.73. The molecule has 2 heterocycles. The van der Waals surface area contributed by atoms with Gasteiger partial charge in [0.05, 0.1) is 11.7 Å². The first-order valence-corrected chi connectivity index (χ1v) is 6.90. The normalized spacial score (nSPS) is 14.8. The summed E-state index contributed by atoms with van der Waals surface area (Å²) in [6, 6.07) is 10.4. The van der Waals surface area contributed by atoms with Gasteiger partial charge in [-0.05, 0) is 43.5 Å². The van der Waals surface area contributed by atoms with E-state index < -0.39 is 0 Å². The summed E-state index contributed by atoms with van der Waals surface area (Å²) in [6.45, 7) is 1.97. The molecule has 1 aliphatic carbocycles. The molecule has 0 unspecified atom stereocenters. The van der Waals surface area contributed by atoms with Crippen LogP contribution in [0.3, 0.4) is 0 Å². The topological polar surface area (TPSA) is 50.7 Å². The third kappa shape index (κ3) is 1.76. The van der Waals surface area contributed by atoms with E-state index >= 15 is 0 Å². The minimum atomic E-state index is -0.0502. The van der Waals surface area contributed by atoms with E-state index in [4.69, 9.17) is 0 Å². The molecule has 4 heteroatoms. The van der Waals surface area contributed by atoms with Gasteiger partial charge >= 0.3 is 0 Å². The average molecular weight is 265 g/mol. The summed E-state index contributed by atoms with van der Waals surface area (Å²) in [5.41, 5.74) is 4.14. The van der Waals surface area contributed by atoms with Crippen molar-refractivity contribution in [3.8, 4) is 11.3 Å². The molecule has 0 amide bonds. The minimum absolute atomic E-state index is 0.0502. The van der Waals surface area contributed by atoms with Crippen molar-refractivity contribution in [1.29, 1.82) is 0 Å². The second-order valence-corrected chi connectivity index (χ2v) is 5.47. The molecule has 0 aliphatic heterocycles. The molecule has 0 atom stereocenters. The number of aryl methyl sites for hydroxylation is 1. The van der Waals surface area contributed by atoms with Crippen LogP contribution in [0.4, 0.5) is 0 Å². The summed E-state index contributed by atoms with van der Waals surface area (Å²) in [5, 5.41) is 5.52. The van der Waals surface area contributed by atoms with E-state index in [1.165, 1.54) is 12.8 Å². The number of aromatic amines is 1. The fraction of sp³-hybridized carbons (Fsp3) is 0.250. The van der Waals surface area contributed by atoms with E-state index in [-0.39, 0.29) is 5.56 Å². The lowest BCUT2D eigenvalue weighted by Crippen LogP contribution is -2.05. The maximum Gasteiger partial charge on any atom is 0.248 e. The number of H-pyrrole nitrogens is 1. The van der Waals surface area contributed by atoms with Gasteiger partial charge in [-0.3, -0.25) is 9.48 Å². The zero-order valence-electron chi connectivity index (χ0n) is 11.3. The Kier molecular flexibility index (Phi) is 2.33. The molecule has 100 valence electrons. The Labute approximate surface area is 116 Å². The van der Waals surface area contributed by atoms with Gasteiger partial charge in [0.15, 0.2) is 0 Å². The Balaban J connectivity index is 1.92. The number of hydrogen-bond donors (Lipinski definition) is 1. The van der Waals surface area contributed by atoms with Crippen molar-refractivity contribution in [2.45, 2.75) is 25.8 Å². The van der Waals surface area contributed by atoms with Crippen LogP contribution in [0, 0.1) is 6.92 Å². The molecule has 3 aromatic rings. The summed E-state index contributed by atoms with van der Waals surface area (Å²) >= 11 is 0. The smallest absolute Gasteiger partial charge is 0.248 e. The maximum absolute atomic E-state index is 11.5. The SMILES string of the molecule is Cc1cc(=O)[nH]c2ccc(-c3ccnn3C3CC3)cc12. The highest BCUT2D eigenvalue weighted by Crippen LogP contribution is 2.38. The molecule has 1 aliphatic rings. The predicted molar refractivity (Wildman–Crippen MR) is 78.8 cm³/mol. The molecule has 0 saturated heterocycles. The zero-order chi connectivity index (χ0) is 13.7. The highest BCUT2D eigenvalue weighted by Gasteiger charge is 2.26. The Bertz CT molecular complexity index is 856. The van der Waals surface area contributed by atoms with Crippen LogP contribution in [0.2, 0.25) is 0 Å². The number of pyridine rings is 1. The lowest BCUT2D eigenvalue weighted by atomic mass is 10.0. The van der Waals surface area contributed by atoms with Gasteiger partial charge in [0.2, 0.25) is 5.56 Å². The maximum atomic E-state index is 11.5. The second-order valence-electron chi connectivity index (χ2n) is 5.47. The molecule has 0 spiro atoms. The van der Waals surface area contributed by atoms with Gasteiger partial charge in [-0.15, -0.1) is 0 Å². The van der Waals surface area contributed by atoms with E-state index in [0.29, 0.717) is 6.04 Å². The van der Waals surface area contributed by atoms with Gasteiger partial charge in [0, 0.05) is 28.7 Å². The Morgan fingerprint density at radius 3 is 2.90 bits per heavy atom. The molecule has 1 aromatic carbocycles. The van der Waals surface area contributed by atoms with E-state index in [9.17, 15) is 4.79 Å². The van der Waals surface area contributed by atoms with Crippen molar-refractivity contribution < 1.29 is 0 Å². The molecule has 20 heavy (non-hydrogen) atoms. The van der Waals surface area contributed by atoms with Crippen LogP contribution in [-0.2, 0) is 0 Å². The standard InChI is InChI=1S/C16H15N3O/c1-10-8-16(20)18-14-5-2-11(9-13(10)14)15-6-7-17-19(15)12-3-4-12/h2,5-9,12H,3-4H2,1H3,(H,18,20). The van der Waals surface area contributed by atoms with Crippen LogP contribution in [0.1, 0.15) is 24.4 Å². The summed E-state index contributed by atoms with van der Waals surface area (Å²) in [5.74, 6) is 0. The minimum Gasteiger partial charge on any atom is -0.322 e. The first-order valence-electron chi connectivity index (χ1n) is 6.90. The first kappa shape index (κ1) is 11.5. The van der Waals surface area contributed by atoms with Crippen LogP contribution in [0.5, 0.6) is 0 Å².